The first-order valence-corrected chi connectivity index (χ1v) is 4.70. The number of carbonyl (C=O) groups is 2. The molecule has 0 aromatic rings. The summed E-state index contributed by atoms with van der Waals surface area (Å²) in [7, 11) is 0. The van der Waals surface area contributed by atoms with Gasteiger partial charge in [0.15, 0.2) is 0 Å². The highest BCUT2D eigenvalue weighted by Crippen LogP contribution is 2.28. The average Bonchev–Trinajstić information content (AvgIpc) is 2.03. The van der Waals surface area contributed by atoms with E-state index < -0.39 is 6.03 Å². The molecule has 0 saturated heterocycles. The molecule has 2 unspecified atom stereocenters. The summed E-state index contributed by atoms with van der Waals surface area (Å²) < 4.78 is 0. The highest BCUT2D eigenvalue weighted by molar-refractivity contribution is 5.94. The van der Waals surface area contributed by atoms with Gasteiger partial charge in [-0.25, -0.2) is 4.79 Å². The second-order valence-electron chi connectivity index (χ2n) is 3.82. The molecule has 1 aliphatic rings. The topological polar surface area (TPSA) is 72.2 Å². The minimum absolute atomic E-state index is 0.0174. The fourth-order valence-electron chi connectivity index (χ4n) is 1.90. The molecule has 0 bridgehead atoms. The van der Waals surface area contributed by atoms with Crippen LogP contribution in [0.5, 0.6) is 0 Å². The fourth-order valence-corrected chi connectivity index (χ4v) is 1.90. The van der Waals surface area contributed by atoms with E-state index in [1.54, 1.807) is 0 Å². The summed E-state index contributed by atoms with van der Waals surface area (Å²) in [6.45, 7) is 2.13. The first-order valence-electron chi connectivity index (χ1n) is 4.70. The molecule has 4 heteroatoms. The Hall–Kier alpha value is -1.06. The van der Waals surface area contributed by atoms with E-state index in [-0.39, 0.29) is 11.8 Å². The number of carbonyl (C=O) groups excluding carboxylic acids is 2. The minimum Gasteiger partial charge on any atom is -0.351 e. The molecule has 0 aliphatic heterocycles. The molecule has 3 N–H and O–H groups in total. The molecule has 0 aromatic carbocycles. The zero-order chi connectivity index (χ0) is 9.84. The highest BCUT2D eigenvalue weighted by atomic mass is 16.2. The first-order chi connectivity index (χ1) is 6.09. The molecule has 0 aromatic heterocycles. The number of primary amides is 1. The normalized spacial score (nSPS) is 28.1. The summed E-state index contributed by atoms with van der Waals surface area (Å²) in [5.74, 6) is 0.354. The first kappa shape index (κ1) is 10.0. The van der Waals surface area contributed by atoms with Crippen LogP contribution in [0.15, 0.2) is 0 Å². The lowest BCUT2D eigenvalue weighted by Gasteiger charge is -2.25. The van der Waals surface area contributed by atoms with Crippen molar-refractivity contribution in [3.05, 3.63) is 0 Å². The van der Waals surface area contributed by atoms with Crippen LogP contribution >= 0.6 is 0 Å². The van der Waals surface area contributed by atoms with E-state index in [1.165, 1.54) is 6.42 Å². The standard InChI is InChI=1S/C9H16N2O2/c1-6-3-2-4-7(5-6)8(12)11-9(10)13/h6-7H,2-5H2,1H3,(H3,10,11,12,13). The van der Waals surface area contributed by atoms with Crippen molar-refractivity contribution in [1.29, 1.82) is 0 Å². The Bertz CT molecular complexity index is 216. The summed E-state index contributed by atoms with van der Waals surface area (Å²) in [6, 6.07) is -0.747. The van der Waals surface area contributed by atoms with Crippen LogP contribution in [0.25, 0.3) is 0 Å². The Morgan fingerprint density at radius 2 is 2.08 bits per heavy atom. The van der Waals surface area contributed by atoms with Gasteiger partial charge in [-0.1, -0.05) is 19.8 Å². The van der Waals surface area contributed by atoms with Crippen LogP contribution < -0.4 is 11.1 Å². The van der Waals surface area contributed by atoms with Crippen molar-refractivity contribution in [3.8, 4) is 0 Å². The highest BCUT2D eigenvalue weighted by Gasteiger charge is 2.25. The number of nitrogens with one attached hydrogen (secondary N) is 1. The molecule has 3 amide bonds. The molecule has 1 fully saturated rings. The van der Waals surface area contributed by atoms with Crippen molar-refractivity contribution in [1.82, 2.24) is 5.32 Å². The maximum Gasteiger partial charge on any atom is 0.318 e. The second kappa shape index (κ2) is 4.25. The average molecular weight is 184 g/mol. The van der Waals surface area contributed by atoms with Gasteiger partial charge in [-0.2, -0.15) is 0 Å². The molecule has 1 aliphatic carbocycles. The summed E-state index contributed by atoms with van der Waals surface area (Å²) in [6.07, 6.45) is 4.00. The van der Waals surface area contributed by atoms with Crippen LogP contribution in [0, 0.1) is 11.8 Å². The number of amides is 3. The van der Waals surface area contributed by atoms with Gasteiger partial charge in [0.1, 0.15) is 0 Å². The number of hydrogen-bond acceptors (Lipinski definition) is 2. The van der Waals surface area contributed by atoms with Crippen LogP contribution in [-0.2, 0) is 4.79 Å². The van der Waals surface area contributed by atoms with E-state index in [2.05, 4.69) is 12.2 Å². The lowest BCUT2D eigenvalue weighted by atomic mass is 9.82. The van der Waals surface area contributed by atoms with E-state index in [0.717, 1.165) is 19.3 Å². The molecule has 74 valence electrons. The van der Waals surface area contributed by atoms with Gasteiger partial charge in [0.2, 0.25) is 5.91 Å². The van der Waals surface area contributed by atoms with Gasteiger partial charge in [0.25, 0.3) is 0 Å². The van der Waals surface area contributed by atoms with Crippen LogP contribution in [0.2, 0.25) is 0 Å². The van der Waals surface area contributed by atoms with Gasteiger partial charge in [-0.15, -0.1) is 0 Å². The van der Waals surface area contributed by atoms with Crippen molar-refractivity contribution in [3.63, 3.8) is 0 Å². The van der Waals surface area contributed by atoms with Gasteiger partial charge in [-0.05, 0) is 18.8 Å². The van der Waals surface area contributed by atoms with Gasteiger partial charge >= 0.3 is 6.03 Å². The van der Waals surface area contributed by atoms with Gasteiger partial charge in [0.05, 0.1) is 0 Å². The summed E-state index contributed by atoms with van der Waals surface area (Å²) >= 11 is 0. The third kappa shape index (κ3) is 3.05. The van der Waals surface area contributed by atoms with Crippen LogP contribution in [0.4, 0.5) is 4.79 Å². The lowest BCUT2D eigenvalue weighted by molar-refractivity contribution is -0.125. The molecule has 0 radical (unpaired) electrons. The lowest BCUT2D eigenvalue weighted by Crippen LogP contribution is -2.40. The van der Waals surface area contributed by atoms with Gasteiger partial charge in [-0.3, -0.25) is 10.1 Å². The van der Waals surface area contributed by atoms with Crippen molar-refractivity contribution < 1.29 is 9.59 Å². The third-order valence-electron chi connectivity index (χ3n) is 2.55. The molecule has 1 saturated carbocycles. The van der Waals surface area contributed by atoms with E-state index >= 15 is 0 Å². The number of nitrogens with two attached hydrogens (primary N) is 1. The van der Waals surface area contributed by atoms with Crippen LogP contribution in [-0.4, -0.2) is 11.9 Å². The van der Waals surface area contributed by atoms with Gasteiger partial charge in [0, 0.05) is 5.92 Å². The van der Waals surface area contributed by atoms with Crippen molar-refractivity contribution in [2.45, 2.75) is 32.6 Å². The molecule has 4 nitrogen and oxygen atoms in total. The van der Waals surface area contributed by atoms with Crippen LogP contribution in [0.3, 0.4) is 0 Å². The molecule has 0 heterocycles. The van der Waals surface area contributed by atoms with Crippen molar-refractivity contribution >= 4 is 11.9 Å². The van der Waals surface area contributed by atoms with Crippen molar-refractivity contribution in [2.75, 3.05) is 0 Å². The number of imide groups is 1. The molecule has 13 heavy (non-hydrogen) atoms. The van der Waals surface area contributed by atoms with E-state index in [1.807, 2.05) is 0 Å². The monoisotopic (exact) mass is 184 g/mol. The maximum absolute atomic E-state index is 11.3. The minimum atomic E-state index is -0.747. The summed E-state index contributed by atoms with van der Waals surface area (Å²) in [5, 5.41) is 2.13. The smallest absolute Gasteiger partial charge is 0.318 e. The van der Waals surface area contributed by atoms with Gasteiger partial charge < -0.3 is 5.73 Å². The fraction of sp³-hybridized carbons (Fsp3) is 0.778. The zero-order valence-corrected chi connectivity index (χ0v) is 7.88. The Morgan fingerprint density at radius 3 is 2.62 bits per heavy atom. The SMILES string of the molecule is CC1CCCC(C(=O)NC(N)=O)C1. The Balaban J connectivity index is 2.41. The molecule has 2 atom stereocenters. The number of rotatable bonds is 1. The van der Waals surface area contributed by atoms with Crippen molar-refractivity contribution in [2.24, 2.45) is 17.6 Å². The Labute approximate surface area is 77.9 Å². The third-order valence-corrected chi connectivity index (χ3v) is 2.55. The predicted molar refractivity (Wildman–Crippen MR) is 48.8 cm³/mol. The zero-order valence-electron chi connectivity index (χ0n) is 7.88. The number of hydrogen-bond donors (Lipinski definition) is 2. The Morgan fingerprint density at radius 1 is 1.38 bits per heavy atom. The summed E-state index contributed by atoms with van der Waals surface area (Å²) in [5.41, 5.74) is 4.86. The quantitative estimate of drug-likeness (QED) is 0.638. The molecular formula is C9H16N2O2. The maximum atomic E-state index is 11.3. The Kier molecular flexibility index (Phi) is 3.28. The largest absolute Gasteiger partial charge is 0.351 e. The molecular weight excluding hydrogens is 168 g/mol. The van der Waals surface area contributed by atoms with E-state index in [9.17, 15) is 9.59 Å². The molecule has 1 rings (SSSR count). The number of urea groups is 1. The summed E-state index contributed by atoms with van der Waals surface area (Å²) in [4.78, 5) is 21.8. The van der Waals surface area contributed by atoms with Crippen LogP contribution in [0.1, 0.15) is 32.6 Å². The van der Waals surface area contributed by atoms with E-state index in [0.29, 0.717) is 5.92 Å². The predicted octanol–water partition coefficient (Wildman–Crippen LogP) is 1.01. The molecule has 0 spiro atoms. The second-order valence-corrected chi connectivity index (χ2v) is 3.82. The van der Waals surface area contributed by atoms with E-state index in [4.69, 9.17) is 5.73 Å².